The van der Waals surface area contributed by atoms with Crippen molar-refractivity contribution in [3.8, 4) is 0 Å². The fourth-order valence-electron chi connectivity index (χ4n) is 4.24. The largest absolute Gasteiger partial charge is 0.478 e. The molecule has 2 aromatic heterocycles. The van der Waals surface area contributed by atoms with E-state index < -0.39 is 37.3 Å². The number of aromatic carboxylic acids is 1. The summed E-state index contributed by atoms with van der Waals surface area (Å²) in [4.78, 5) is 15.4. The van der Waals surface area contributed by atoms with Gasteiger partial charge in [-0.25, -0.2) is 32.0 Å². The molecule has 3 N–H and O–H groups in total. The zero-order chi connectivity index (χ0) is 26.0. The monoisotopic (exact) mass is 539 g/mol. The number of anilines is 1. The molecule has 1 aromatic carbocycles. The molecule has 3 heterocycles. The van der Waals surface area contributed by atoms with Crippen molar-refractivity contribution in [1.29, 1.82) is 0 Å². The molecule has 4 rings (SSSR count). The molecule has 1 fully saturated rings. The number of nitrogens with zero attached hydrogens (tertiary/aromatic N) is 3. The van der Waals surface area contributed by atoms with Gasteiger partial charge in [-0.15, -0.1) is 0 Å². The van der Waals surface area contributed by atoms with Crippen molar-refractivity contribution in [1.82, 2.24) is 19.5 Å². The van der Waals surface area contributed by atoms with Gasteiger partial charge < -0.3 is 15.2 Å². The Morgan fingerprint density at radius 2 is 2.03 bits per heavy atom. The van der Waals surface area contributed by atoms with Crippen LogP contribution in [0.5, 0.6) is 0 Å². The first-order valence-corrected chi connectivity index (χ1v) is 13.5. The highest BCUT2D eigenvalue weighted by atomic mass is 35.5. The fourth-order valence-corrected chi connectivity index (χ4v) is 5.55. The maximum absolute atomic E-state index is 14.6. The fraction of sp³-hybridized carbons (Fsp3) is 0.435. The summed E-state index contributed by atoms with van der Waals surface area (Å²) in [5, 5.41) is 17.6. The van der Waals surface area contributed by atoms with E-state index in [0.29, 0.717) is 54.8 Å². The molecule has 0 bridgehead atoms. The number of carboxylic acids is 1. The number of sulfonamides is 1. The minimum atomic E-state index is -4.43. The van der Waals surface area contributed by atoms with E-state index in [0.717, 1.165) is 24.3 Å². The minimum absolute atomic E-state index is 0.112. The van der Waals surface area contributed by atoms with E-state index in [-0.39, 0.29) is 12.6 Å². The van der Waals surface area contributed by atoms with Gasteiger partial charge in [-0.3, -0.25) is 0 Å². The molecular formula is C23H27ClFN5O5S. The lowest BCUT2D eigenvalue weighted by Gasteiger charge is -2.26. The molecule has 0 amide bonds. The normalized spacial score (nSPS) is 14.9. The van der Waals surface area contributed by atoms with E-state index in [2.05, 4.69) is 15.1 Å². The summed E-state index contributed by atoms with van der Waals surface area (Å²) in [6.07, 6.45) is 3.78. The number of pyridine rings is 1. The molecule has 1 saturated heterocycles. The molecule has 1 aliphatic heterocycles. The van der Waals surface area contributed by atoms with Crippen molar-refractivity contribution in [3.63, 3.8) is 0 Å². The van der Waals surface area contributed by atoms with Gasteiger partial charge in [-0.05, 0) is 38.3 Å². The van der Waals surface area contributed by atoms with E-state index in [4.69, 9.17) is 21.3 Å². The Labute approximate surface area is 212 Å². The lowest BCUT2D eigenvalue weighted by molar-refractivity contribution is 0.0696. The highest BCUT2D eigenvalue weighted by Crippen LogP contribution is 2.32. The molecule has 0 saturated carbocycles. The van der Waals surface area contributed by atoms with Crippen molar-refractivity contribution in [2.24, 2.45) is 0 Å². The maximum Gasteiger partial charge on any atom is 0.337 e. The third-order valence-electron chi connectivity index (χ3n) is 6.16. The van der Waals surface area contributed by atoms with E-state index in [1.54, 1.807) is 10.9 Å². The Hall–Kier alpha value is -2.80. The van der Waals surface area contributed by atoms with E-state index in [1.807, 2.05) is 13.8 Å². The topological polar surface area (TPSA) is 135 Å². The molecule has 0 aliphatic carbocycles. The average Bonchev–Trinajstić information content (AvgIpc) is 3.26. The molecule has 3 aromatic rings. The van der Waals surface area contributed by atoms with Crippen LogP contribution in [0.15, 0.2) is 23.2 Å². The molecule has 0 radical (unpaired) electrons. The van der Waals surface area contributed by atoms with Gasteiger partial charge in [0.1, 0.15) is 10.7 Å². The number of carbonyl (C=O) groups is 1. The first kappa shape index (κ1) is 26.3. The van der Waals surface area contributed by atoms with Crippen molar-refractivity contribution in [3.05, 3.63) is 46.0 Å². The first-order chi connectivity index (χ1) is 17.2. The molecule has 0 unspecified atom stereocenters. The predicted molar refractivity (Wildman–Crippen MR) is 132 cm³/mol. The number of hydrogen-bond acceptors (Lipinski definition) is 7. The second-order valence-corrected chi connectivity index (χ2v) is 10.5. The number of aromatic nitrogens is 3. The van der Waals surface area contributed by atoms with Crippen LogP contribution in [0.2, 0.25) is 5.02 Å². The number of hydrogen-bond donors (Lipinski definition) is 3. The van der Waals surface area contributed by atoms with Gasteiger partial charge in [-0.1, -0.05) is 18.5 Å². The molecule has 13 heteroatoms. The number of rotatable bonds is 9. The number of halogens is 2. The lowest BCUT2D eigenvalue weighted by Crippen LogP contribution is -2.30. The second-order valence-electron chi connectivity index (χ2n) is 8.39. The number of carboxylic acid groups (broad SMARTS) is 1. The lowest BCUT2D eigenvalue weighted by atomic mass is 10.0. The molecular weight excluding hydrogens is 513 g/mol. The van der Waals surface area contributed by atoms with E-state index in [1.165, 1.54) is 0 Å². The van der Waals surface area contributed by atoms with Crippen molar-refractivity contribution < 1.29 is 27.4 Å². The third kappa shape index (κ3) is 5.17. The molecule has 10 nitrogen and oxygen atoms in total. The summed E-state index contributed by atoms with van der Waals surface area (Å²) in [5.41, 5.74) is 2.17. The Morgan fingerprint density at radius 3 is 2.67 bits per heavy atom. The summed E-state index contributed by atoms with van der Waals surface area (Å²) in [6.45, 7) is 5.52. The first-order valence-electron chi connectivity index (χ1n) is 11.6. The predicted octanol–water partition coefficient (Wildman–Crippen LogP) is 3.57. The molecule has 36 heavy (non-hydrogen) atoms. The van der Waals surface area contributed by atoms with Crippen LogP contribution in [0, 0.1) is 5.82 Å². The number of aryl methyl sites for hydroxylation is 2. The smallest absolute Gasteiger partial charge is 0.337 e. The number of ether oxygens (including phenoxy) is 1. The summed E-state index contributed by atoms with van der Waals surface area (Å²) in [6, 6.07) is 1.51. The highest BCUT2D eigenvalue weighted by Gasteiger charge is 2.26. The maximum atomic E-state index is 14.6. The molecule has 0 spiro atoms. The van der Waals surface area contributed by atoms with Gasteiger partial charge in [0, 0.05) is 43.6 Å². The zero-order valence-corrected chi connectivity index (χ0v) is 21.4. The number of nitrogens with one attached hydrogen (secondary N) is 2. The van der Waals surface area contributed by atoms with Crippen LogP contribution in [0.3, 0.4) is 0 Å². The summed E-state index contributed by atoms with van der Waals surface area (Å²) in [7, 11) is -4.43. The summed E-state index contributed by atoms with van der Waals surface area (Å²) < 4.78 is 50.3. The van der Waals surface area contributed by atoms with Gasteiger partial charge in [0.25, 0.3) is 0 Å². The molecule has 1 aliphatic rings. The third-order valence-corrected chi connectivity index (χ3v) is 7.89. The van der Waals surface area contributed by atoms with Crippen LogP contribution in [0.25, 0.3) is 11.0 Å². The van der Waals surface area contributed by atoms with Crippen molar-refractivity contribution in [2.45, 2.75) is 57.1 Å². The van der Waals surface area contributed by atoms with E-state index >= 15 is 0 Å². The molecule has 0 atom stereocenters. The standard InChI is InChI=1S/C23H27ClFN5O5S/c1-3-19-15(12-27-36(33,34)20-9-14(23(31)32)17(24)10-18(20)25)21(28-13-5-7-35-8-6-13)16-11-26-30(4-2)22(16)29-19/h9-11,13,27H,3-8,12H2,1-2H3,(H,28,29)(H,31,32). The van der Waals surface area contributed by atoms with Crippen molar-refractivity contribution >= 4 is 44.3 Å². The van der Waals surface area contributed by atoms with Crippen LogP contribution in [-0.4, -0.2) is 53.5 Å². The van der Waals surface area contributed by atoms with Gasteiger partial charge in [0.2, 0.25) is 10.0 Å². The van der Waals surface area contributed by atoms with Gasteiger partial charge in [-0.2, -0.15) is 5.10 Å². The van der Waals surface area contributed by atoms with Crippen molar-refractivity contribution in [2.75, 3.05) is 18.5 Å². The van der Waals surface area contributed by atoms with Gasteiger partial charge in [0.15, 0.2) is 5.65 Å². The van der Waals surface area contributed by atoms with E-state index in [9.17, 15) is 22.7 Å². The highest BCUT2D eigenvalue weighted by molar-refractivity contribution is 7.89. The van der Waals surface area contributed by atoms with Crippen LogP contribution >= 0.6 is 11.6 Å². The van der Waals surface area contributed by atoms with Gasteiger partial charge in [0.05, 0.1) is 27.9 Å². The van der Waals surface area contributed by atoms with Gasteiger partial charge >= 0.3 is 5.97 Å². The summed E-state index contributed by atoms with van der Waals surface area (Å²) in [5.74, 6) is -2.61. The summed E-state index contributed by atoms with van der Waals surface area (Å²) >= 11 is 5.77. The second kappa shape index (κ2) is 10.7. The quantitative estimate of drug-likeness (QED) is 0.375. The minimum Gasteiger partial charge on any atom is -0.478 e. The average molecular weight is 540 g/mol. The Morgan fingerprint density at radius 1 is 1.31 bits per heavy atom. The van der Waals surface area contributed by atoms with Crippen LogP contribution in [0.1, 0.15) is 48.3 Å². The zero-order valence-electron chi connectivity index (χ0n) is 19.8. The Kier molecular flexibility index (Phi) is 7.79. The van der Waals surface area contributed by atoms with Crippen LogP contribution in [-0.2, 0) is 34.3 Å². The Balaban J connectivity index is 1.75. The Bertz CT molecular complexity index is 1410. The molecule has 194 valence electrons. The SMILES string of the molecule is CCc1nc2c(cnn2CC)c(NC2CCOCC2)c1CNS(=O)(=O)c1cc(C(=O)O)c(Cl)cc1F. The number of fused-ring (bicyclic) bond motifs is 1. The number of benzene rings is 1. The van der Waals surface area contributed by atoms with Crippen LogP contribution in [0.4, 0.5) is 10.1 Å². The van der Waals surface area contributed by atoms with Crippen LogP contribution < -0.4 is 10.0 Å².